The first-order valence-corrected chi connectivity index (χ1v) is 9.62. The summed E-state index contributed by atoms with van der Waals surface area (Å²) in [6.07, 6.45) is 4.81. The standard InChI is InChI=1S/C20H33FN4O/c1-4-5-10-25-11-8-18(9-12-25)24-20(22-2)23-14-16-6-7-19(21)17(13-16)15-26-3/h6-7,13,18H,4-5,8-12,14-15H2,1-3H3,(H2,22,23,24). The number of rotatable bonds is 8. The average molecular weight is 365 g/mol. The van der Waals surface area contributed by atoms with Crippen molar-refractivity contribution in [3.8, 4) is 0 Å². The van der Waals surface area contributed by atoms with Gasteiger partial charge in [-0.15, -0.1) is 0 Å². The maximum atomic E-state index is 13.7. The number of likely N-dealkylation sites (tertiary alicyclic amines) is 1. The van der Waals surface area contributed by atoms with Crippen LogP contribution in [0.2, 0.25) is 0 Å². The molecule has 2 N–H and O–H groups in total. The Bertz CT molecular complexity index is 571. The first kappa shape index (κ1) is 20.6. The lowest BCUT2D eigenvalue weighted by molar-refractivity contribution is 0.181. The fraction of sp³-hybridized carbons (Fsp3) is 0.650. The van der Waals surface area contributed by atoms with E-state index < -0.39 is 0 Å². The van der Waals surface area contributed by atoms with E-state index in [4.69, 9.17) is 4.74 Å². The first-order valence-electron chi connectivity index (χ1n) is 9.62. The number of nitrogens with one attached hydrogen (secondary N) is 2. The summed E-state index contributed by atoms with van der Waals surface area (Å²) in [6, 6.07) is 5.58. The topological polar surface area (TPSA) is 48.9 Å². The number of piperidine rings is 1. The minimum atomic E-state index is -0.229. The molecule has 0 spiro atoms. The summed E-state index contributed by atoms with van der Waals surface area (Å²) in [5.41, 5.74) is 1.59. The quantitative estimate of drug-likeness (QED) is 0.550. The van der Waals surface area contributed by atoms with Gasteiger partial charge in [0.15, 0.2) is 5.96 Å². The molecular weight excluding hydrogens is 331 g/mol. The largest absolute Gasteiger partial charge is 0.380 e. The van der Waals surface area contributed by atoms with Crippen LogP contribution in [0, 0.1) is 5.82 Å². The molecule has 146 valence electrons. The zero-order valence-corrected chi connectivity index (χ0v) is 16.4. The van der Waals surface area contributed by atoms with Gasteiger partial charge in [-0.25, -0.2) is 4.39 Å². The van der Waals surface area contributed by atoms with Crippen LogP contribution in [0.5, 0.6) is 0 Å². The van der Waals surface area contributed by atoms with Gasteiger partial charge in [-0.2, -0.15) is 0 Å². The van der Waals surface area contributed by atoms with Crippen molar-refractivity contribution >= 4 is 5.96 Å². The van der Waals surface area contributed by atoms with Crippen molar-refractivity contribution in [2.45, 2.75) is 51.8 Å². The zero-order valence-electron chi connectivity index (χ0n) is 16.4. The maximum absolute atomic E-state index is 13.7. The monoisotopic (exact) mass is 364 g/mol. The van der Waals surface area contributed by atoms with Crippen molar-refractivity contribution in [2.75, 3.05) is 33.8 Å². The predicted molar refractivity (Wildman–Crippen MR) is 105 cm³/mol. The summed E-state index contributed by atoms with van der Waals surface area (Å²) < 4.78 is 18.7. The van der Waals surface area contributed by atoms with Gasteiger partial charge in [0.05, 0.1) is 6.61 Å². The average Bonchev–Trinajstić information content (AvgIpc) is 2.67. The second-order valence-electron chi connectivity index (χ2n) is 6.90. The summed E-state index contributed by atoms with van der Waals surface area (Å²) in [4.78, 5) is 6.87. The lowest BCUT2D eigenvalue weighted by Crippen LogP contribution is -2.48. The molecule has 0 atom stereocenters. The molecule has 1 aliphatic heterocycles. The number of halogens is 1. The molecule has 1 saturated heterocycles. The van der Waals surface area contributed by atoms with E-state index in [1.165, 1.54) is 25.5 Å². The van der Waals surface area contributed by atoms with Crippen LogP contribution in [-0.4, -0.2) is 50.7 Å². The minimum absolute atomic E-state index is 0.229. The van der Waals surface area contributed by atoms with Crippen molar-refractivity contribution in [1.82, 2.24) is 15.5 Å². The van der Waals surface area contributed by atoms with Crippen LogP contribution < -0.4 is 10.6 Å². The summed E-state index contributed by atoms with van der Waals surface area (Å²) in [5.74, 6) is 0.572. The molecule has 2 rings (SSSR count). The fourth-order valence-corrected chi connectivity index (χ4v) is 3.26. The van der Waals surface area contributed by atoms with E-state index in [0.717, 1.165) is 37.5 Å². The molecule has 1 fully saturated rings. The Morgan fingerprint density at radius 3 is 2.77 bits per heavy atom. The Balaban J connectivity index is 1.79. The molecule has 0 radical (unpaired) electrons. The summed E-state index contributed by atoms with van der Waals surface area (Å²) in [6.45, 7) is 6.63. The summed E-state index contributed by atoms with van der Waals surface area (Å²) in [7, 11) is 3.36. The van der Waals surface area contributed by atoms with Crippen LogP contribution in [0.1, 0.15) is 43.7 Å². The SMILES string of the molecule is CCCCN1CCC(NC(=NC)NCc2ccc(F)c(COC)c2)CC1. The van der Waals surface area contributed by atoms with E-state index in [0.29, 0.717) is 18.2 Å². The summed E-state index contributed by atoms with van der Waals surface area (Å²) >= 11 is 0. The van der Waals surface area contributed by atoms with Gasteiger partial charge in [-0.05, 0) is 43.5 Å². The molecule has 26 heavy (non-hydrogen) atoms. The number of unbranched alkanes of at least 4 members (excludes halogenated alkanes) is 1. The number of nitrogens with zero attached hydrogens (tertiary/aromatic N) is 2. The second kappa shape index (κ2) is 11.1. The third kappa shape index (κ3) is 6.57. The molecule has 1 aliphatic rings. The second-order valence-corrected chi connectivity index (χ2v) is 6.90. The molecule has 1 aromatic rings. The molecule has 0 unspecified atom stereocenters. The van der Waals surface area contributed by atoms with Crippen molar-refractivity contribution in [3.05, 3.63) is 35.1 Å². The highest BCUT2D eigenvalue weighted by Gasteiger charge is 2.19. The molecule has 5 nitrogen and oxygen atoms in total. The van der Waals surface area contributed by atoms with E-state index in [-0.39, 0.29) is 12.4 Å². The van der Waals surface area contributed by atoms with Crippen LogP contribution in [0.4, 0.5) is 4.39 Å². The maximum Gasteiger partial charge on any atom is 0.191 e. The Morgan fingerprint density at radius 1 is 1.35 bits per heavy atom. The van der Waals surface area contributed by atoms with E-state index in [9.17, 15) is 4.39 Å². The number of guanidine groups is 1. The number of benzene rings is 1. The van der Waals surface area contributed by atoms with Gasteiger partial charge in [0, 0.05) is 45.4 Å². The van der Waals surface area contributed by atoms with Crippen molar-refractivity contribution in [3.63, 3.8) is 0 Å². The van der Waals surface area contributed by atoms with Gasteiger partial charge < -0.3 is 20.3 Å². The molecule has 0 saturated carbocycles. The molecular formula is C20H33FN4O. The Kier molecular flexibility index (Phi) is 8.85. The third-order valence-corrected chi connectivity index (χ3v) is 4.85. The molecule has 0 aromatic heterocycles. The van der Waals surface area contributed by atoms with Gasteiger partial charge >= 0.3 is 0 Å². The zero-order chi connectivity index (χ0) is 18.8. The molecule has 0 amide bonds. The van der Waals surface area contributed by atoms with Gasteiger partial charge in [0.2, 0.25) is 0 Å². The molecule has 1 heterocycles. The number of aliphatic imine (C=N–C) groups is 1. The summed E-state index contributed by atoms with van der Waals surface area (Å²) in [5, 5.41) is 6.85. The first-order chi connectivity index (χ1) is 12.7. The highest BCUT2D eigenvalue weighted by Crippen LogP contribution is 2.13. The van der Waals surface area contributed by atoms with E-state index in [1.807, 2.05) is 6.07 Å². The van der Waals surface area contributed by atoms with Gasteiger partial charge in [0.1, 0.15) is 5.82 Å². The Labute approximate surface area is 157 Å². The predicted octanol–water partition coefficient (Wildman–Crippen LogP) is 2.90. The molecule has 0 aliphatic carbocycles. The highest BCUT2D eigenvalue weighted by molar-refractivity contribution is 5.79. The van der Waals surface area contributed by atoms with Crippen LogP contribution >= 0.6 is 0 Å². The minimum Gasteiger partial charge on any atom is -0.380 e. The fourth-order valence-electron chi connectivity index (χ4n) is 3.26. The van der Waals surface area contributed by atoms with Gasteiger partial charge in [-0.1, -0.05) is 19.4 Å². The molecule has 0 bridgehead atoms. The van der Waals surface area contributed by atoms with Crippen LogP contribution in [0.25, 0.3) is 0 Å². The van der Waals surface area contributed by atoms with Crippen LogP contribution in [-0.2, 0) is 17.9 Å². The van der Waals surface area contributed by atoms with E-state index >= 15 is 0 Å². The molecule has 6 heteroatoms. The highest BCUT2D eigenvalue weighted by atomic mass is 19.1. The van der Waals surface area contributed by atoms with E-state index in [2.05, 4.69) is 27.4 Å². The lowest BCUT2D eigenvalue weighted by Gasteiger charge is -2.33. The van der Waals surface area contributed by atoms with Gasteiger partial charge in [0.25, 0.3) is 0 Å². The number of ether oxygens (including phenoxy) is 1. The number of hydrogen-bond acceptors (Lipinski definition) is 3. The van der Waals surface area contributed by atoms with Gasteiger partial charge in [-0.3, -0.25) is 4.99 Å². The normalized spacial score (nSPS) is 16.7. The van der Waals surface area contributed by atoms with Crippen molar-refractivity contribution in [1.29, 1.82) is 0 Å². The van der Waals surface area contributed by atoms with Crippen LogP contribution in [0.15, 0.2) is 23.2 Å². The molecule has 1 aromatic carbocycles. The van der Waals surface area contributed by atoms with Crippen LogP contribution in [0.3, 0.4) is 0 Å². The van der Waals surface area contributed by atoms with E-state index in [1.54, 1.807) is 20.2 Å². The Hall–Kier alpha value is -1.66. The van der Waals surface area contributed by atoms with Crippen molar-refractivity contribution in [2.24, 2.45) is 4.99 Å². The lowest BCUT2D eigenvalue weighted by atomic mass is 10.0. The number of hydrogen-bond donors (Lipinski definition) is 2. The van der Waals surface area contributed by atoms with Crippen molar-refractivity contribution < 1.29 is 9.13 Å². The Morgan fingerprint density at radius 2 is 2.12 bits per heavy atom. The smallest absolute Gasteiger partial charge is 0.191 e. The number of methoxy groups -OCH3 is 1. The third-order valence-electron chi connectivity index (χ3n) is 4.85.